The van der Waals surface area contributed by atoms with Crippen LogP contribution < -0.4 is 11.1 Å². The highest BCUT2D eigenvalue weighted by Crippen LogP contribution is 2.26. The van der Waals surface area contributed by atoms with Crippen molar-refractivity contribution in [3.8, 4) is 11.4 Å². The Morgan fingerprint density at radius 2 is 2.22 bits per heavy atom. The predicted octanol–water partition coefficient (Wildman–Crippen LogP) is 2.33. The summed E-state index contributed by atoms with van der Waals surface area (Å²) in [5.41, 5.74) is 7.83. The number of rotatable bonds is 4. The van der Waals surface area contributed by atoms with Gasteiger partial charge in [-0.1, -0.05) is 25.0 Å². The van der Waals surface area contributed by atoms with Crippen LogP contribution in [0.5, 0.6) is 0 Å². The van der Waals surface area contributed by atoms with Crippen molar-refractivity contribution >= 4 is 11.6 Å². The second-order valence-corrected chi connectivity index (χ2v) is 6.31. The van der Waals surface area contributed by atoms with E-state index in [0.717, 1.165) is 29.9 Å². The highest BCUT2D eigenvalue weighted by atomic mass is 16.1. The number of anilines is 1. The summed E-state index contributed by atoms with van der Waals surface area (Å²) in [5, 5.41) is 11.0. The maximum atomic E-state index is 12.3. The summed E-state index contributed by atoms with van der Waals surface area (Å²) in [7, 11) is 1.89. The zero-order chi connectivity index (χ0) is 16.2. The first-order valence-corrected chi connectivity index (χ1v) is 8.13. The van der Waals surface area contributed by atoms with Crippen LogP contribution in [-0.4, -0.2) is 26.7 Å². The van der Waals surface area contributed by atoms with E-state index in [-0.39, 0.29) is 11.9 Å². The maximum absolute atomic E-state index is 12.3. The zero-order valence-electron chi connectivity index (χ0n) is 13.4. The molecule has 2 aromatic rings. The molecule has 1 fully saturated rings. The van der Waals surface area contributed by atoms with Crippen LogP contribution in [0, 0.1) is 5.92 Å². The molecule has 122 valence electrons. The van der Waals surface area contributed by atoms with Gasteiger partial charge in [0.1, 0.15) is 6.33 Å². The molecule has 1 aromatic carbocycles. The summed E-state index contributed by atoms with van der Waals surface area (Å²) in [6, 6.07) is 7.82. The van der Waals surface area contributed by atoms with Crippen LogP contribution >= 0.6 is 0 Å². The molecule has 1 amide bonds. The fraction of sp³-hybridized carbons (Fsp3) is 0.471. The normalized spacial score (nSPS) is 21.1. The van der Waals surface area contributed by atoms with Crippen molar-refractivity contribution in [2.45, 2.75) is 38.1 Å². The molecular formula is C17H23N5O. The van der Waals surface area contributed by atoms with Gasteiger partial charge in [-0.05, 0) is 30.9 Å². The first-order valence-electron chi connectivity index (χ1n) is 8.13. The molecule has 6 nitrogen and oxygen atoms in total. The van der Waals surface area contributed by atoms with Gasteiger partial charge in [0.25, 0.3) is 0 Å². The highest BCUT2D eigenvalue weighted by Gasteiger charge is 2.24. The Bertz CT molecular complexity index is 681. The van der Waals surface area contributed by atoms with Gasteiger partial charge in [-0.3, -0.25) is 4.79 Å². The van der Waals surface area contributed by atoms with Gasteiger partial charge in [0, 0.05) is 30.8 Å². The summed E-state index contributed by atoms with van der Waals surface area (Å²) >= 11 is 0. The molecule has 0 bridgehead atoms. The molecule has 1 aromatic heterocycles. The van der Waals surface area contributed by atoms with E-state index < -0.39 is 0 Å². The number of hydrogen-bond donors (Lipinski definition) is 2. The standard InChI is InChI=1S/C17H23N5O/c1-22-11-19-21-17(22)13-6-4-7-14(9-13)20-16(23)10-12-5-2-3-8-15(12)18/h4,6-7,9,11-12,15H,2-3,5,8,10,18H2,1H3,(H,20,23). The van der Waals surface area contributed by atoms with Crippen LogP contribution in [0.4, 0.5) is 5.69 Å². The monoisotopic (exact) mass is 313 g/mol. The lowest BCUT2D eigenvalue weighted by molar-refractivity contribution is -0.117. The molecule has 23 heavy (non-hydrogen) atoms. The number of carbonyl (C=O) groups is 1. The Balaban J connectivity index is 1.66. The Morgan fingerprint density at radius 1 is 1.39 bits per heavy atom. The van der Waals surface area contributed by atoms with Gasteiger partial charge in [0.05, 0.1) is 0 Å². The third-order valence-corrected chi connectivity index (χ3v) is 4.53. The summed E-state index contributed by atoms with van der Waals surface area (Å²) in [6.45, 7) is 0. The lowest BCUT2D eigenvalue weighted by Crippen LogP contribution is -2.35. The quantitative estimate of drug-likeness (QED) is 0.907. The number of nitrogens with one attached hydrogen (secondary N) is 1. The van der Waals surface area contributed by atoms with Gasteiger partial charge in [-0.25, -0.2) is 0 Å². The molecule has 0 aliphatic heterocycles. The molecule has 0 saturated heterocycles. The second-order valence-electron chi connectivity index (χ2n) is 6.31. The number of benzene rings is 1. The van der Waals surface area contributed by atoms with Crippen molar-refractivity contribution in [1.82, 2.24) is 14.8 Å². The summed E-state index contributed by atoms with van der Waals surface area (Å²) in [4.78, 5) is 12.3. The predicted molar refractivity (Wildman–Crippen MR) is 89.6 cm³/mol. The van der Waals surface area contributed by atoms with Crippen LogP contribution in [0.25, 0.3) is 11.4 Å². The molecule has 1 aliphatic carbocycles. The van der Waals surface area contributed by atoms with E-state index in [9.17, 15) is 4.79 Å². The van der Waals surface area contributed by atoms with Gasteiger partial charge in [0.2, 0.25) is 5.91 Å². The van der Waals surface area contributed by atoms with Crippen LogP contribution in [0.3, 0.4) is 0 Å². The van der Waals surface area contributed by atoms with E-state index in [4.69, 9.17) is 5.73 Å². The first-order chi connectivity index (χ1) is 11.1. The van der Waals surface area contributed by atoms with Gasteiger partial charge in [0.15, 0.2) is 5.82 Å². The second kappa shape index (κ2) is 6.91. The minimum absolute atomic E-state index is 0.0301. The number of nitrogens with two attached hydrogens (primary N) is 1. The highest BCUT2D eigenvalue weighted by molar-refractivity contribution is 5.91. The summed E-state index contributed by atoms with van der Waals surface area (Å²) < 4.78 is 1.85. The Hall–Kier alpha value is -2.21. The van der Waals surface area contributed by atoms with E-state index in [1.807, 2.05) is 35.9 Å². The third kappa shape index (κ3) is 3.76. The minimum atomic E-state index is 0.0301. The molecule has 2 atom stereocenters. The van der Waals surface area contributed by atoms with Gasteiger partial charge in [-0.15, -0.1) is 10.2 Å². The van der Waals surface area contributed by atoms with Crippen molar-refractivity contribution < 1.29 is 4.79 Å². The Kier molecular flexibility index (Phi) is 4.71. The average molecular weight is 313 g/mol. The maximum Gasteiger partial charge on any atom is 0.224 e. The van der Waals surface area contributed by atoms with Gasteiger partial charge in [-0.2, -0.15) is 0 Å². The molecule has 0 radical (unpaired) electrons. The molecule has 0 spiro atoms. The molecule has 3 N–H and O–H groups in total. The fourth-order valence-electron chi connectivity index (χ4n) is 3.22. The number of hydrogen-bond acceptors (Lipinski definition) is 4. The van der Waals surface area contributed by atoms with Crippen LogP contribution in [0.1, 0.15) is 32.1 Å². The molecule has 6 heteroatoms. The number of aromatic nitrogens is 3. The smallest absolute Gasteiger partial charge is 0.224 e. The molecule has 1 saturated carbocycles. The Labute approximate surface area is 136 Å². The van der Waals surface area contributed by atoms with Crippen LogP contribution in [0.15, 0.2) is 30.6 Å². The van der Waals surface area contributed by atoms with Crippen molar-refractivity contribution in [2.75, 3.05) is 5.32 Å². The lowest BCUT2D eigenvalue weighted by Gasteiger charge is -2.27. The third-order valence-electron chi connectivity index (χ3n) is 4.53. The molecule has 1 heterocycles. The number of amides is 1. The van der Waals surface area contributed by atoms with Gasteiger partial charge < -0.3 is 15.6 Å². The van der Waals surface area contributed by atoms with E-state index >= 15 is 0 Å². The summed E-state index contributed by atoms with van der Waals surface area (Å²) in [6.07, 6.45) is 6.58. The molecular weight excluding hydrogens is 290 g/mol. The van der Waals surface area contributed by atoms with E-state index in [1.165, 1.54) is 12.8 Å². The van der Waals surface area contributed by atoms with E-state index in [2.05, 4.69) is 15.5 Å². The van der Waals surface area contributed by atoms with Crippen molar-refractivity contribution in [3.05, 3.63) is 30.6 Å². The Morgan fingerprint density at radius 3 is 2.96 bits per heavy atom. The van der Waals surface area contributed by atoms with Crippen molar-refractivity contribution in [3.63, 3.8) is 0 Å². The zero-order valence-corrected chi connectivity index (χ0v) is 13.4. The van der Waals surface area contributed by atoms with E-state index in [1.54, 1.807) is 6.33 Å². The van der Waals surface area contributed by atoms with Crippen LogP contribution in [-0.2, 0) is 11.8 Å². The van der Waals surface area contributed by atoms with Gasteiger partial charge >= 0.3 is 0 Å². The van der Waals surface area contributed by atoms with E-state index in [0.29, 0.717) is 12.3 Å². The summed E-state index contributed by atoms with van der Waals surface area (Å²) in [5.74, 6) is 1.10. The average Bonchev–Trinajstić information content (AvgIpc) is 2.96. The minimum Gasteiger partial charge on any atom is -0.327 e. The van der Waals surface area contributed by atoms with Crippen LogP contribution in [0.2, 0.25) is 0 Å². The van der Waals surface area contributed by atoms with Crippen molar-refractivity contribution in [2.24, 2.45) is 18.7 Å². The molecule has 1 aliphatic rings. The lowest BCUT2D eigenvalue weighted by atomic mass is 9.83. The first kappa shape index (κ1) is 15.7. The number of aryl methyl sites for hydroxylation is 1. The molecule has 2 unspecified atom stereocenters. The molecule has 3 rings (SSSR count). The topological polar surface area (TPSA) is 85.8 Å². The number of nitrogens with zero attached hydrogens (tertiary/aromatic N) is 3. The fourth-order valence-corrected chi connectivity index (χ4v) is 3.22. The largest absolute Gasteiger partial charge is 0.327 e. The SMILES string of the molecule is Cn1cnnc1-c1cccc(NC(=O)CC2CCCCC2N)c1. The number of carbonyl (C=O) groups excluding carboxylic acids is 1. The van der Waals surface area contributed by atoms with Crippen molar-refractivity contribution in [1.29, 1.82) is 0 Å².